The minimum Gasteiger partial charge on any atom is -0.394 e. The van der Waals surface area contributed by atoms with Crippen LogP contribution in [0.3, 0.4) is 0 Å². The quantitative estimate of drug-likeness (QED) is 0.801. The molecule has 2 aromatic rings. The van der Waals surface area contributed by atoms with Crippen molar-refractivity contribution in [3.8, 4) is 0 Å². The van der Waals surface area contributed by atoms with Crippen molar-refractivity contribution in [3.63, 3.8) is 0 Å². The molecule has 26 heavy (non-hydrogen) atoms. The molecule has 2 fully saturated rings. The van der Waals surface area contributed by atoms with Crippen LogP contribution in [-0.4, -0.2) is 45.5 Å². The monoisotopic (exact) mass is 354 g/mol. The first-order chi connectivity index (χ1) is 12.8. The van der Waals surface area contributed by atoms with Gasteiger partial charge in [0.15, 0.2) is 0 Å². The lowest BCUT2D eigenvalue weighted by Crippen LogP contribution is -2.42. The summed E-state index contributed by atoms with van der Waals surface area (Å²) in [4.78, 5) is 2.64. The highest BCUT2D eigenvalue weighted by Crippen LogP contribution is 2.37. The Hall–Kier alpha value is -1.69. The van der Waals surface area contributed by atoms with Gasteiger partial charge in [0.05, 0.1) is 19.3 Å². The Balaban J connectivity index is 1.32. The minimum absolute atomic E-state index is 0.137. The molecule has 1 saturated carbocycles. The second-order valence-corrected chi connectivity index (χ2v) is 7.86. The molecule has 1 aliphatic carbocycles. The maximum Gasteiger partial charge on any atom is 0.0640 e. The van der Waals surface area contributed by atoms with Gasteiger partial charge in [-0.1, -0.05) is 36.8 Å². The maximum atomic E-state index is 9.01. The molecule has 3 unspecified atom stereocenters. The summed E-state index contributed by atoms with van der Waals surface area (Å²) in [7, 11) is 0. The highest BCUT2D eigenvalue weighted by molar-refractivity contribution is 5.15. The summed E-state index contributed by atoms with van der Waals surface area (Å²) < 4.78 is 1.82. The van der Waals surface area contributed by atoms with Crippen molar-refractivity contribution in [2.75, 3.05) is 19.7 Å². The van der Waals surface area contributed by atoms with Gasteiger partial charge in [-0.25, -0.2) is 0 Å². The van der Waals surface area contributed by atoms with Crippen LogP contribution in [0.15, 0.2) is 42.7 Å². The van der Waals surface area contributed by atoms with Gasteiger partial charge < -0.3 is 10.4 Å². The van der Waals surface area contributed by atoms with Crippen LogP contribution < -0.4 is 5.32 Å². The third-order valence-corrected chi connectivity index (χ3v) is 6.01. The SMILES string of the molecule is OCCn1cc(CNC2CCCC3CN(Cc4ccccc4)CC32)cn1. The molecule has 1 aliphatic heterocycles. The van der Waals surface area contributed by atoms with Crippen LogP contribution in [0.25, 0.3) is 0 Å². The molecular weight excluding hydrogens is 324 g/mol. The third-order valence-electron chi connectivity index (χ3n) is 6.01. The fraction of sp³-hybridized carbons (Fsp3) is 0.571. The summed E-state index contributed by atoms with van der Waals surface area (Å²) in [5.41, 5.74) is 2.63. The highest BCUT2D eigenvalue weighted by Gasteiger charge is 2.39. The van der Waals surface area contributed by atoms with Crippen molar-refractivity contribution in [2.45, 2.75) is 44.9 Å². The van der Waals surface area contributed by atoms with E-state index in [1.807, 2.05) is 17.1 Å². The highest BCUT2D eigenvalue weighted by atomic mass is 16.3. The molecule has 5 nitrogen and oxygen atoms in total. The van der Waals surface area contributed by atoms with Gasteiger partial charge >= 0.3 is 0 Å². The van der Waals surface area contributed by atoms with Gasteiger partial charge in [-0.2, -0.15) is 5.10 Å². The van der Waals surface area contributed by atoms with Gasteiger partial charge in [0.2, 0.25) is 0 Å². The number of fused-ring (bicyclic) bond motifs is 1. The van der Waals surface area contributed by atoms with Gasteiger partial charge in [-0.05, 0) is 30.2 Å². The molecular formula is C21H30N4O. The summed E-state index contributed by atoms with van der Waals surface area (Å²) in [6, 6.07) is 11.5. The predicted octanol–water partition coefficient (Wildman–Crippen LogP) is 2.27. The number of rotatable bonds is 7. The molecule has 0 bridgehead atoms. The molecule has 3 atom stereocenters. The average Bonchev–Trinajstić information content (AvgIpc) is 3.27. The Labute approximate surface area is 156 Å². The standard InChI is InChI=1S/C21H30N4O/c26-10-9-25-14-18(12-23-25)11-22-21-8-4-7-19-15-24(16-20(19)21)13-17-5-2-1-3-6-17/h1-3,5-6,12,14,19-22,26H,4,7-11,13,15-16H2. The van der Waals surface area contributed by atoms with Crippen LogP contribution in [0.1, 0.15) is 30.4 Å². The van der Waals surface area contributed by atoms with Crippen LogP contribution in [0.4, 0.5) is 0 Å². The summed E-state index contributed by atoms with van der Waals surface area (Å²) in [6.07, 6.45) is 7.95. The van der Waals surface area contributed by atoms with Crippen molar-refractivity contribution in [3.05, 3.63) is 53.9 Å². The van der Waals surface area contributed by atoms with E-state index in [2.05, 4.69) is 45.6 Å². The number of nitrogens with one attached hydrogen (secondary N) is 1. The molecule has 2 heterocycles. The van der Waals surface area contributed by atoms with Crippen LogP contribution in [0.2, 0.25) is 0 Å². The minimum atomic E-state index is 0.137. The Morgan fingerprint density at radius 3 is 2.85 bits per heavy atom. The number of benzene rings is 1. The number of nitrogens with zero attached hydrogens (tertiary/aromatic N) is 3. The molecule has 0 radical (unpaired) electrons. The molecule has 5 heteroatoms. The van der Waals surface area contributed by atoms with E-state index in [0.29, 0.717) is 12.6 Å². The number of aliphatic hydroxyl groups is 1. The molecule has 1 aromatic heterocycles. The van der Waals surface area contributed by atoms with Crippen LogP contribution >= 0.6 is 0 Å². The van der Waals surface area contributed by atoms with E-state index >= 15 is 0 Å². The van der Waals surface area contributed by atoms with Crippen LogP contribution in [-0.2, 0) is 19.6 Å². The van der Waals surface area contributed by atoms with E-state index < -0.39 is 0 Å². The second-order valence-electron chi connectivity index (χ2n) is 7.86. The lowest BCUT2D eigenvalue weighted by Gasteiger charge is -2.33. The molecule has 2 aliphatic rings. The molecule has 0 spiro atoms. The molecule has 0 amide bonds. The van der Waals surface area contributed by atoms with Crippen molar-refractivity contribution >= 4 is 0 Å². The number of hydrogen-bond acceptors (Lipinski definition) is 4. The number of likely N-dealkylation sites (tertiary alicyclic amines) is 1. The zero-order valence-corrected chi connectivity index (χ0v) is 15.4. The summed E-state index contributed by atoms with van der Waals surface area (Å²) in [5.74, 6) is 1.60. The first kappa shape index (κ1) is 17.7. The Morgan fingerprint density at radius 1 is 1.12 bits per heavy atom. The van der Waals surface area contributed by atoms with Gasteiger partial charge in [-0.3, -0.25) is 9.58 Å². The Morgan fingerprint density at radius 2 is 2.00 bits per heavy atom. The van der Waals surface area contributed by atoms with E-state index in [0.717, 1.165) is 24.9 Å². The van der Waals surface area contributed by atoms with Crippen molar-refractivity contribution < 1.29 is 5.11 Å². The van der Waals surface area contributed by atoms with Crippen LogP contribution in [0.5, 0.6) is 0 Å². The molecule has 140 valence electrons. The Bertz CT molecular complexity index is 686. The predicted molar refractivity (Wildman–Crippen MR) is 102 cm³/mol. The van der Waals surface area contributed by atoms with E-state index in [9.17, 15) is 0 Å². The summed E-state index contributed by atoms with van der Waals surface area (Å²) >= 11 is 0. The van der Waals surface area contributed by atoms with Crippen molar-refractivity contribution in [1.82, 2.24) is 20.0 Å². The van der Waals surface area contributed by atoms with Gasteiger partial charge in [0.1, 0.15) is 0 Å². The summed E-state index contributed by atoms with van der Waals surface area (Å²) in [5, 5.41) is 17.1. The number of aliphatic hydroxyl groups excluding tert-OH is 1. The number of aromatic nitrogens is 2. The van der Waals surface area contributed by atoms with Crippen molar-refractivity contribution in [2.24, 2.45) is 11.8 Å². The van der Waals surface area contributed by atoms with Gasteiger partial charge in [0.25, 0.3) is 0 Å². The van der Waals surface area contributed by atoms with Gasteiger partial charge in [0, 0.05) is 44.0 Å². The zero-order chi connectivity index (χ0) is 17.8. The normalized spacial score (nSPS) is 26.1. The number of hydrogen-bond donors (Lipinski definition) is 2. The zero-order valence-electron chi connectivity index (χ0n) is 15.4. The first-order valence-electron chi connectivity index (χ1n) is 9.93. The lowest BCUT2D eigenvalue weighted by molar-refractivity contribution is 0.221. The molecule has 2 N–H and O–H groups in total. The fourth-order valence-corrected chi connectivity index (χ4v) is 4.76. The Kier molecular flexibility index (Phi) is 5.68. The average molecular weight is 354 g/mol. The van der Waals surface area contributed by atoms with E-state index in [1.165, 1.54) is 43.5 Å². The summed E-state index contributed by atoms with van der Waals surface area (Å²) in [6.45, 7) is 5.11. The molecule has 4 rings (SSSR count). The lowest BCUT2D eigenvalue weighted by atomic mass is 9.78. The topological polar surface area (TPSA) is 53.3 Å². The van der Waals surface area contributed by atoms with Gasteiger partial charge in [-0.15, -0.1) is 0 Å². The largest absolute Gasteiger partial charge is 0.394 e. The first-order valence-corrected chi connectivity index (χ1v) is 9.93. The molecule has 1 aromatic carbocycles. The van der Waals surface area contributed by atoms with Crippen molar-refractivity contribution in [1.29, 1.82) is 0 Å². The van der Waals surface area contributed by atoms with E-state index in [1.54, 1.807) is 0 Å². The van der Waals surface area contributed by atoms with E-state index in [-0.39, 0.29) is 6.61 Å². The second kappa shape index (κ2) is 8.33. The third kappa shape index (κ3) is 4.17. The maximum absolute atomic E-state index is 9.01. The fourth-order valence-electron chi connectivity index (χ4n) is 4.76. The molecule has 1 saturated heterocycles. The smallest absolute Gasteiger partial charge is 0.0640 e. The van der Waals surface area contributed by atoms with E-state index in [4.69, 9.17) is 5.11 Å². The van der Waals surface area contributed by atoms with Crippen LogP contribution in [0, 0.1) is 11.8 Å².